The summed E-state index contributed by atoms with van der Waals surface area (Å²) in [6, 6.07) is 20.8. The van der Waals surface area contributed by atoms with Crippen LogP contribution in [0.15, 0.2) is 66.9 Å². The molecule has 4 aromatic rings. The number of hydrogen-bond donors (Lipinski definition) is 2. The summed E-state index contributed by atoms with van der Waals surface area (Å²) in [6.45, 7) is 3.57. The quantitative estimate of drug-likeness (QED) is 0.500. The van der Waals surface area contributed by atoms with Gasteiger partial charge in [0.15, 0.2) is 0 Å². The average molecular weight is 371 g/mol. The highest BCUT2D eigenvalue weighted by Crippen LogP contribution is 2.19. The number of benzene rings is 2. The Bertz CT molecular complexity index is 1050. The van der Waals surface area contributed by atoms with Crippen LogP contribution < -0.4 is 10.2 Å². The van der Waals surface area contributed by atoms with Crippen LogP contribution in [0.3, 0.4) is 0 Å². The van der Waals surface area contributed by atoms with Gasteiger partial charge in [-0.05, 0) is 30.5 Å². The van der Waals surface area contributed by atoms with Crippen molar-refractivity contribution in [1.82, 2.24) is 15.0 Å². The van der Waals surface area contributed by atoms with Crippen molar-refractivity contribution in [3.8, 4) is 0 Å². The first kappa shape index (κ1) is 18.0. The number of aromatic nitrogens is 3. The predicted octanol–water partition coefficient (Wildman–Crippen LogP) is 4.56. The molecule has 2 aromatic heterocycles. The molecule has 5 heteroatoms. The van der Waals surface area contributed by atoms with Crippen molar-refractivity contribution in [2.45, 2.75) is 19.9 Å². The lowest BCUT2D eigenvalue weighted by atomic mass is 10.1. The van der Waals surface area contributed by atoms with Crippen molar-refractivity contribution in [1.29, 1.82) is 0 Å². The Morgan fingerprint density at radius 2 is 1.79 bits per heavy atom. The van der Waals surface area contributed by atoms with Crippen LogP contribution in [0.5, 0.6) is 0 Å². The SMILES string of the molecule is Cc1nc(NCCc2c[nH]c3ccccc23)cc(N(C)Cc2ccccc2)n1. The van der Waals surface area contributed by atoms with E-state index in [4.69, 9.17) is 0 Å². The summed E-state index contributed by atoms with van der Waals surface area (Å²) in [5.41, 5.74) is 3.76. The topological polar surface area (TPSA) is 56.8 Å². The molecule has 0 bridgehead atoms. The van der Waals surface area contributed by atoms with E-state index >= 15 is 0 Å². The van der Waals surface area contributed by atoms with Crippen molar-refractivity contribution < 1.29 is 0 Å². The Labute approximate surface area is 165 Å². The van der Waals surface area contributed by atoms with Gasteiger partial charge in [0.25, 0.3) is 0 Å². The number of anilines is 2. The zero-order valence-electron chi connectivity index (χ0n) is 16.3. The van der Waals surface area contributed by atoms with Crippen LogP contribution >= 0.6 is 0 Å². The Hall–Kier alpha value is -3.34. The highest BCUT2D eigenvalue weighted by molar-refractivity contribution is 5.83. The third-order valence-corrected chi connectivity index (χ3v) is 4.85. The average Bonchev–Trinajstić information content (AvgIpc) is 3.12. The van der Waals surface area contributed by atoms with Gasteiger partial charge in [-0.25, -0.2) is 9.97 Å². The van der Waals surface area contributed by atoms with E-state index in [2.05, 4.69) is 86.9 Å². The van der Waals surface area contributed by atoms with E-state index in [0.717, 1.165) is 37.0 Å². The molecule has 2 aromatic carbocycles. The molecule has 0 aliphatic rings. The maximum Gasteiger partial charge on any atom is 0.134 e. The Kier molecular flexibility index (Phi) is 5.24. The van der Waals surface area contributed by atoms with Gasteiger partial charge >= 0.3 is 0 Å². The van der Waals surface area contributed by atoms with Crippen molar-refractivity contribution >= 4 is 22.5 Å². The number of hydrogen-bond acceptors (Lipinski definition) is 4. The number of para-hydroxylation sites is 1. The van der Waals surface area contributed by atoms with E-state index in [1.165, 1.54) is 22.0 Å². The van der Waals surface area contributed by atoms with E-state index in [9.17, 15) is 0 Å². The second kappa shape index (κ2) is 8.13. The van der Waals surface area contributed by atoms with Gasteiger partial charge in [0.1, 0.15) is 17.5 Å². The molecule has 0 saturated heterocycles. The Morgan fingerprint density at radius 3 is 2.64 bits per heavy atom. The van der Waals surface area contributed by atoms with Gasteiger partial charge in [-0.15, -0.1) is 0 Å². The van der Waals surface area contributed by atoms with Crippen LogP contribution in [-0.4, -0.2) is 28.5 Å². The zero-order valence-corrected chi connectivity index (χ0v) is 16.3. The molecule has 0 spiro atoms. The summed E-state index contributed by atoms with van der Waals surface area (Å²) in [5.74, 6) is 2.56. The summed E-state index contributed by atoms with van der Waals surface area (Å²) in [7, 11) is 2.06. The predicted molar refractivity (Wildman–Crippen MR) is 116 cm³/mol. The lowest BCUT2D eigenvalue weighted by Crippen LogP contribution is -2.19. The molecule has 5 nitrogen and oxygen atoms in total. The molecule has 0 amide bonds. The van der Waals surface area contributed by atoms with Gasteiger partial charge in [0.05, 0.1) is 0 Å². The van der Waals surface area contributed by atoms with E-state index < -0.39 is 0 Å². The summed E-state index contributed by atoms with van der Waals surface area (Å²) >= 11 is 0. The van der Waals surface area contributed by atoms with Crippen LogP contribution in [0.4, 0.5) is 11.6 Å². The molecule has 0 fully saturated rings. The van der Waals surface area contributed by atoms with Crippen molar-refractivity contribution in [2.24, 2.45) is 0 Å². The van der Waals surface area contributed by atoms with Crippen LogP contribution in [0, 0.1) is 6.92 Å². The second-order valence-electron chi connectivity index (χ2n) is 7.04. The lowest BCUT2D eigenvalue weighted by Gasteiger charge is -2.19. The molecule has 0 radical (unpaired) electrons. The fraction of sp³-hybridized carbons (Fsp3) is 0.217. The van der Waals surface area contributed by atoms with Crippen molar-refractivity contribution in [3.05, 3.63) is 83.8 Å². The smallest absolute Gasteiger partial charge is 0.134 e. The number of rotatable bonds is 7. The van der Waals surface area contributed by atoms with Crippen molar-refractivity contribution in [3.63, 3.8) is 0 Å². The van der Waals surface area contributed by atoms with Gasteiger partial charge in [-0.2, -0.15) is 0 Å². The van der Waals surface area contributed by atoms with E-state index in [1.807, 2.05) is 19.1 Å². The molecule has 2 N–H and O–H groups in total. The number of H-pyrrole nitrogens is 1. The molecule has 0 unspecified atom stereocenters. The molecule has 0 aliphatic heterocycles. The second-order valence-corrected chi connectivity index (χ2v) is 7.04. The molecule has 2 heterocycles. The zero-order chi connectivity index (χ0) is 19.3. The van der Waals surface area contributed by atoms with Gasteiger partial charge in [0.2, 0.25) is 0 Å². The highest BCUT2D eigenvalue weighted by Gasteiger charge is 2.08. The first-order valence-corrected chi connectivity index (χ1v) is 9.58. The molecule has 142 valence electrons. The first-order valence-electron chi connectivity index (χ1n) is 9.58. The number of aromatic amines is 1. The minimum absolute atomic E-state index is 0.770. The van der Waals surface area contributed by atoms with E-state index in [-0.39, 0.29) is 0 Å². The van der Waals surface area contributed by atoms with E-state index in [1.54, 1.807) is 0 Å². The molecule has 28 heavy (non-hydrogen) atoms. The van der Waals surface area contributed by atoms with Crippen LogP contribution in [0.2, 0.25) is 0 Å². The van der Waals surface area contributed by atoms with Crippen LogP contribution in [-0.2, 0) is 13.0 Å². The fourth-order valence-corrected chi connectivity index (χ4v) is 3.44. The highest BCUT2D eigenvalue weighted by atomic mass is 15.2. The number of nitrogens with one attached hydrogen (secondary N) is 2. The first-order chi connectivity index (χ1) is 13.7. The molecular weight excluding hydrogens is 346 g/mol. The van der Waals surface area contributed by atoms with E-state index in [0.29, 0.717) is 0 Å². The summed E-state index contributed by atoms with van der Waals surface area (Å²) in [6.07, 6.45) is 3.03. The van der Waals surface area contributed by atoms with Crippen molar-refractivity contribution in [2.75, 3.05) is 23.8 Å². The number of aryl methyl sites for hydroxylation is 1. The molecular formula is C23H25N5. The van der Waals surface area contributed by atoms with Gasteiger partial charge in [-0.3, -0.25) is 0 Å². The van der Waals surface area contributed by atoms with Crippen LogP contribution in [0.1, 0.15) is 17.0 Å². The summed E-state index contributed by atoms with van der Waals surface area (Å²) in [4.78, 5) is 14.6. The largest absolute Gasteiger partial charge is 0.370 e. The standard InChI is InChI=1S/C23H25N5/c1-17-26-22(14-23(27-17)28(2)16-18-8-4-3-5-9-18)24-13-12-19-15-25-21-11-7-6-10-20(19)21/h3-11,14-15,25H,12-13,16H2,1-2H3,(H,24,26,27). The Morgan fingerprint density at radius 1 is 1.00 bits per heavy atom. The minimum Gasteiger partial charge on any atom is -0.370 e. The molecule has 0 saturated carbocycles. The molecule has 0 atom stereocenters. The maximum absolute atomic E-state index is 4.60. The minimum atomic E-state index is 0.770. The molecule has 0 aliphatic carbocycles. The van der Waals surface area contributed by atoms with Gasteiger partial charge < -0.3 is 15.2 Å². The summed E-state index contributed by atoms with van der Waals surface area (Å²) in [5, 5.41) is 4.74. The lowest BCUT2D eigenvalue weighted by molar-refractivity contribution is 0.877. The Balaban J connectivity index is 1.42. The number of fused-ring (bicyclic) bond motifs is 1. The fourth-order valence-electron chi connectivity index (χ4n) is 3.44. The maximum atomic E-state index is 4.60. The summed E-state index contributed by atoms with van der Waals surface area (Å²) < 4.78 is 0. The normalized spacial score (nSPS) is 10.9. The monoisotopic (exact) mass is 371 g/mol. The van der Waals surface area contributed by atoms with Gasteiger partial charge in [-0.1, -0.05) is 48.5 Å². The van der Waals surface area contributed by atoms with Crippen LogP contribution in [0.25, 0.3) is 10.9 Å². The van der Waals surface area contributed by atoms with Gasteiger partial charge in [0, 0.05) is 43.3 Å². The molecule has 4 rings (SSSR count). The number of nitrogens with zero attached hydrogens (tertiary/aromatic N) is 3. The third kappa shape index (κ3) is 4.14. The third-order valence-electron chi connectivity index (χ3n) is 4.85.